The van der Waals surface area contributed by atoms with E-state index in [1.54, 1.807) is 55.4 Å². The molecule has 0 aliphatic heterocycles. The fraction of sp³-hybridized carbons (Fsp3) is 0.778. The summed E-state index contributed by atoms with van der Waals surface area (Å²) in [5, 5.41) is 11.3. The molecule has 8 amide bonds. The van der Waals surface area contributed by atoms with Gasteiger partial charge in [-0.25, -0.2) is 0 Å². The Balaban J connectivity index is 7.20. The van der Waals surface area contributed by atoms with Crippen molar-refractivity contribution < 1.29 is 95.5 Å². The lowest BCUT2D eigenvalue weighted by molar-refractivity contribution is -0.145. The lowest BCUT2D eigenvalue weighted by atomic mass is 9.98. The monoisotopic (exact) mass is 1300 g/mol. The first-order valence-electron chi connectivity index (χ1n) is 31.8. The summed E-state index contributed by atoms with van der Waals surface area (Å²) >= 11 is 0. The molecule has 0 aromatic rings. The van der Waals surface area contributed by atoms with Crippen LogP contribution in [0.2, 0.25) is 0 Å². The summed E-state index contributed by atoms with van der Waals surface area (Å²) in [6.45, 7) is 14.1. The lowest BCUT2D eigenvalue weighted by Gasteiger charge is -2.35. The van der Waals surface area contributed by atoms with Crippen molar-refractivity contribution in [1.82, 2.24) is 40.9 Å². The largest absolute Gasteiger partial charge is 0.469 e. The fourth-order valence-electron chi connectivity index (χ4n) is 10.3. The summed E-state index contributed by atoms with van der Waals surface area (Å²) in [6.07, 6.45) is 0.452. The standard InChI is InChI=1S/C63H108N8O20/c1-42(2)56(60(82)64-34-16-26-48(74)70(40-22-32-54(80)90-13)58(44(5)6)62(84)66-36-18-29-51(77)87-10)68(38-20-27-49(75)71(41-23-33-55(81)91-14)59(45(7)8)63(85)67-37-19-30-52(78)88-11)46(72)24-15-25-47(73)69(39-21-31-53(79)89-12)57(43(3)4)61(83)65-35-17-28-50(76)86-9/h42-45,56-59H,15-41H2,1-14H3,(H,64,82)(H,65,83)(H,66,84)(H,67,85). The van der Waals surface area contributed by atoms with Gasteiger partial charge in [0.1, 0.15) is 24.2 Å². The van der Waals surface area contributed by atoms with E-state index in [1.165, 1.54) is 62.3 Å². The molecule has 28 heteroatoms. The summed E-state index contributed by atoms with van der Waals surface area (Å²) < 4.78 is 28.5. The molecular weight excluding hydrogens is 1190 g/mol. The van der Waals surface area contributed by atoms with Crippen molar-refractivity contribution >= 4 is 83.1 Å². The maximum absolute atomic E-state index is 14.8. The number of hydrogen-bond donors (Lipinski definition) is 4. The van der Waals surface area contributed by atoms with Crippen molar-refractivity contribution in [2.75, 3.05) is 95.0 Å². The van der Waals surface area contributed by atoms with Crippen LogP contribution in [0.15, 0.2) is 0 Å². The molecule has 0 saturated heterocycles. The van der Waals surface area contributed by atoms with Crippen LogP contribution in [0.4, 0.5) is 0 Å². The van der Waals surface area contributed by atoms with Crippen LogP contribution in [-0.2, 0) is 95.5 Å². The van der Waals surface area contributed by atoms with Crippen LogP contribution in [-0.4, -0.2) is 222 Å². The van der Waals surface area contributed by atoms with Gasteiger partial charge in [-0.3, -0.25) is 67.1 Å². The molecular formula is C63H108N8O20. The SMILES string of the molecule is COC(=O)CCCNC(=O)C(C(C)C)N(CCCC(=O)OC)C(=O)CCCNC(=O)C(C(C)C)N(CCCC(=O)N(CCCC(=O)OC)C(C(=O)NCCCC(=O)OC)C(C)C)C(=O)CCCC(=O)N(CCCC(=O)OC)C(C(=O)NCCCC(=O)OC)C(C)C. The first-order chi connectivity index (χ1) is 43.1. The predicted molar refractivity (Wildman–Crippen MR) is 333 cm³/mol. The van der Waals surface area contributed by atoms with E-state index in [0.29, 0.717) is 6.42 Å². The number of hydrogen-bond acceptors (Lipinski definition) is 20. The van der Waals surface area contributed by atoms with E-state index in [0.717, 1.165) is 0 Å². The van der Waals surface area contributed by atoms with Gasteiger partial charge in [0.05, 0.1) is 42.7 Å². The molecule has 4 atom stereocenters. The molecule has 0 radical (unpaired) electrons. The van der Waals surface area contributed by atoms with E-state index in [9.17, 15) is 67.1 Å². The van der Waals surface area contributed by atoms with Gasteiger partial charge in [-0.05, 0) is 81.5 Å². The lowest BCUT2D eigenvalue weighted by Crippen LogP contribution is -2.54. The number of carbonyl (C=O) groups is 14. The molecule has 0 aromatic heterocycles. The van der Waals surface area contributed by atoms with E-state index < -0.39 is 125 Å². The van der Waals surface area contributed by atoms with E-state index in [1.807, 2.05) is 0 Å². The molecule has 0 rings (SSSR count). The second kappa shape index (κ2) is 47.5. The van der Waals surface area contributed by atoms with Crippen molar-refractivity contribution in [3.63, 3.8) is 0 Å². The number of nitrogens with zero attached hydrogens (tertiary/aromatic N) is 4. The second-order valence-corrected chi connectivity index (χ2v) is 23.4. The summed E-state index contributed by atoms with van der Waals surface area (Å²) in [6, 6.07) is -4.16. The summed E-state index contributed by atoms with van der Waals surface area (Å²) in [4.78, 5) is 191. The highest BCUT2D eigenvalue weighted by Gasteiger charge is 2.37. The molecule has 0 heterocycles. The molecule has 28 nitrogen and oxygen atoms in total. The van der Waals surface area contributed by atoms with Crippen LogP contribution in [0.5, 0.6) is 0 Å². The van der Waals surface area contributed by atoms with Gasteiger partial charge in [-0.2, -0.15) is 0 Å². The molecule has 0 spiro atoms. The van der Waals surface area contributed by atoms with E-state index in [-0.39, 0.29) is 174 Å². The molecule has 91 heavy (non-hydrogen) atoms. The van der Waals surface area contributed by atoms with Gasteiger partial charge in [-0.15, -0.1) is 0 Å². The molecule has 0 saturated carbocycles. The number of amides is 8. The van der Waals surface area contributed by atoms with Crippen molar-refractivity contribution in [2.24, 2.45) is 23.7 Å². The maximum Gasteiger partial charge on any atom is 0.305 e. The molecule has 520 valence electrons. The van der Waals surface area contributed by atoms with Crippen molar-refractivity contribution in [1.29, 1.82) is 0 Å². The minimum absolute atomic E-state index is 0.0170. The Labute approximate surface area is 538 Å². The van der Waals surface area contributed by atoms with Crippen molar-refractivity contribution in [3.8, 4) is 0 Å². The molecule has 0 aliphatic carbocycles. The van der Waals surface area contributed by atoms with Crippen LogP contribution >= 0.6 is 0 Å². The third-order valence-corrected chi connectivity index (χ3v) is 14.9. The highest BCUT2D eigenvalue weighted by Crippen LogP contribution is 2.22. The Morgan fingerprint density at radius 2 is 0.418 bits per heavy atom. The van der Waals surface area contributed by atoms with Crippen LogP contribution < -0.4 is 21.3 Å². The quantitative estimate of drug-likeness (QED) is 0.0386. The maximum atomic E-state index is 14.8. The topological polar surface area (TPSA) is 355 Å². The van der Waals surface area contributed by atoms with Gasteiger partial charge in [0.2, 0.25) is 47.3 Å². The summed E-state index contributed by atoms with van der Waals surface area (Å²) in [7, 11) is 7.46. The first kappa shape index (κ1) is 83.6. The zero-order valence-corrected chi connectivity index (χ0v) is 56.7. The molecule has 0 aliphatic rings. The minimum atomic E-state index is -1.17. The Bertz CT molecular complexity index is 2330. The van der Waals surface area contributed by atoms with Crippen LogP contribution in [0, 0.1) is 23.7 Å². The van der Waals surface area contributed by atoms with E-state index >= 15 is 0 Å². The molecule has 0 bridgehead atoms. The smallest absolute Gasteiger partial charge is 0.305 e. The Hall–Kier alpha value is -7.42. The van der Waals surface area contributed by atoms with Gasteiger partial charge >= 0.3 is 35.8 Å². The zero-order chi connectivity index (χ0) is 69.2. The highest BCUT2D eigenvalue weighted by molar-refractivity contribution is 5.91. The van der Waals surface area contributed by atoms with Crippen LogP contribution in [0.3, 0.4) is 0 Å². The molecule has 0 fully saturated rings. The number of esters is 6. The van der Waals surface area contributed by atoms with E-state index in [2.05, 4.69) is 26.0 Å². The predicted octanol–water partition coefficient (Wildman–Crippen LogP) is 3.31. The average Bonchev–Trinajstić information content (AvgIpc) is 2.68. The second-order valence-electron chi connectivity index (χ2n) is 23.4. The van der Waals surface area contributed by atoms with Gasteiger partial charge in [0, 0.05) is 117 Å². The van der Waals surface area contributed by atoms with Gasteiger partial charge in [0.15, 0.2) is 0 Å². The third kappa shape index (κ3) is 33.5. The van der Waals surface area contributed by atoms with Crippen LogP contribution in [0.25, 0.3) is 0 Å². The zero-order valence-electron chi connectivity index (χ0n) is 56.7. The van der Waals surface area contributed by atoms with Gasteiger partial charge in [-0.1, -0.05) is 55.4 Å². The number of nitrogens with one attached hydrogen (secondary N) is 4. The number of methoxy groups -OCH3 is 6. The molecule has 0 aromatic carbocycles. The highest BCUT2D eigenvalue weighted by atomic mass is 16.5. The van der Waals surface area contributed by atoms with Crippen molar-refractivity contribution in [3.05, 3.63) is 0 Å². The Morgan fingerprint density at radius 1 is 0.253 bits per heavy atom. The minimum Gasteiger partial charge on any atom is -0.469 e. The number of rotatable bonds is 48. The van der Waals surface area contributed by atoms with E-state index in [4.69, 9.17) is 23.7 Å². The normalized spacial score (nSPS) is 12.3. The average molecular weight is 1300 g/mol. The Kier molecular flexibility index (Phi) is 43.6. The molecule has 4 unspecified atom stereocenters. The molecule has 4 N–H and O–H groups in total. The van der Waals surface area contributed by atoms with Gasteiger partial charge < -0.3 is 69.3 Å². The number of carbonyl (C=O) groups excluding carboxylic acids is 14. The summed E-state index contributed by atoms with van der Waals surface area (Å²) in [5.41, 5.74) is 0. The number of ether oxygens (including phenoxy) is 6. The van der Waals surface area contributed by atoms with Gasteiger partial charge in [0.25, 0.3) is 0 Å². The third-order valence-electron chi connectivity index (χ3n) is 14.9. The fourth-order valence-corrected chi connectivity index (χ4v) is 10.3. The van der Waals surface area contributed by atoms with Crippen LogP contribution in [0.1, 0.15) is 177 Å². The first-order valence-corrected chi connectivity index (χ1v) is 31.8. The summed E-state index contributed by atoms with van der Waals surface area (Å²) in [5.74, 6) is -8.73. The Morgan fingerprint density at radius 3 is 0.615 bits per heavy atom. The van der Waals surface area contributed by atoms with Crippen molar-refractivity contribution in [2.45, 2.75) is 202 Å².